The molecule has 1 saturated carbocycles. The van der Waals surface area contributed by atoms with E-state index in [0.717, 1.165) is 0 Å². The molecule has 5 N–H and O–H groups in total. The van der Waals surface area contributed by atoms with E-state index in [9.17, 15) is 30.3 Å². The highest BCUT2D eigenvalue weighted by molar-refractivity contribution is 5.89. The van der Waals surface area contributed by atoms with Crippen LogP contribution < -0.4 is 0 Å². The molecule has 7 heteroatoms. The summed E-state index contributed by atoms with van der Waals surface area (Å²) in [6.45, 7) is 0. The Labute approximate surface area is 238 Å². The van der Waals surface area contributed by atoms with Gasteiger partial charge in [-0.1, -0.05) is 109 Å². The summed E-state index contributed by atoms with van der Waals surface area (Å²) in [7, 11) is 0. The van der Waals surface area contributed by atoms with Gasteiger partial charge < -0.3 is 30.3 Å². The summed E-state index contributed by atoms with van der Waals surface area (Å²) >= 11 is 0. The molecule has 0 unspecified atom stereocenters. The van der Waals surface area contributed by atoms with Gasteiger partial charge in [-0.05, 0) is 28.8 Å². The molecule has 6 atom stereocenters. The molecule has 0 aromatic heterocycles. The van der Waals surface area contributed by atoms with Crippen LogP contribution in [0.1, 0.15) is 27.0 Å². The number of aliphatic hydroxyl groups is 5. The van der Waals surface area contributed by atoms with Crippen molar-refractivity contribution in [2.75, 3.05) is 0 Å². The number of benzene rings is 4. The number of carbonyl (C=O) groups excluding carboxylic acids is 1. The van der Waals surface area contributed by atoms with E-state index in [4.69, 9.17) is 4.74 Å². The Morgan fingerprint density at radius 2 is 0.976 bits per heavy atom. The van der Waals surface area contributed by atoms with Crippen molar-refractivity contribution in [3.05, 3.63) is 144 Å². The van der Waals surface area contributed by atoms with Crippen molar-refractivity contribution in [3.8, 4) is 0 Å². The van der Waals surface area contributed by atoms with E-state index in [0.29, 0.717) is 16.7 Å². The average molecular weight is 555 g/mol. The Morgan fingerprint density at radius 3 is 1.44 bits per heavy atom. The van der Waals surface area contributed by atoms with Crippen LogP contribution >= 0.6 is 0 Å². The highest BCUT2D eigenvalue weighted by Gasteiger charge is 2.74. The topological polar surface area (TPSA) is 127 Å². The SMILES string of the molecule is O=C(O[C@H]1[C@@H](O)[C@@H](O)[C@@](O)(Cc2ccccc2)[C@](O)(Cc2ccccc2)[C@@]1(O)Cc1ccccc1)c1ccccc1. The summed E-state index contributed by atoms with van der Waals surface area (Å²) in [6, 6.07) is 34.3. The lowest BCUT2D eigenvalue weighted by atomic mass is 9.54. The fourth-order valence-electron chi connectivity index (χ4n) is 6.02. The Hall–Kier alpha value is -3.85. The quantitative estimate of drug-likeness (QED) is 0.212. The molecule has 1 fully saturated rings. The molecular formula is C34H34O7. The summed E-state index contributed by atoms with van der Waals surface area (Å²) in [5.74, 6) is -0.858. The normalized spacial score (nSPS) is 29.5. The van der Waals surface area contributed by atoms with E-state index in [-0.39, 0.29) is 24.8 Å². The van der Waals surface area contributed by atoms with Crippen LogP contribution in [0.15, 0.2) is 121 Å². The predicted molar refractivity (Wildman–Crippen MR) is 153 cm³/mol. The molecule has 0 bridgehead atoms. The van der Waals surface area contributed by atoms with Crippen molar-refractivity contribution in [3.63, 3.8) is 0 Å². The first-order valence-corrected chi connectivity index (χ1v) is 13.6. The molecule has 7 nitrogen and oxygen atoms in total. The van der Waals surface area contributed by atoms with E-state index < -0.39 is 41.1 Å². The van der Waals surface area contributed by atoms with Crippen LogP contribution in [0.5, 0.6) is 0 Å². The molecule has 1 aliphatic carbocycles. The summed E-state index contributed by atoms with van der Waals surface area (Å²) in [5, 5.41) is 60.9. The molecular weight excluding hydrogens is 520 g/mol. The van der Waals surface area contributed by atoms with E-state index >= 15 is 0 Å². The van der Waals surface area contributed by atoms with Crippen LogP contribution in [0, 0.1) is 0 Å². The van der Waals surface area contributed by atoms with Gasteiger partial charge in [0.15, 0.2) is 6.10 Å². The first-order chi connectivity index (χ1) is 19.7. The van der Waals surface area contributed by atoms with Gasteiger partial charge in [-0.2, -0.15) is 0 Å². The second kappa shape index (κ2) is 11.6. The standard InChI is InChI=1S/C34H34O7/c35-28-29(36)32(38,21-24-13-5-1-6-14-24)34(40,23-26-17-9-3-10-18-26)33(39,22-25-15-7-2-8-16-25)30(28)41-31(37)27-19-11-4-12-20-27/h1-20,28-30,35-36,38-40H,21-23H2/t28-,29+,30-,32-,33+,34+/m0/s1. The van der Waals surface area contributed by atoms with Gasteiger partial charge in [0.1, 0.15) is 29.0 Å². The molecule has 0 spiro atoms. The number of aliphatic hydroxyl groups excluding tert-OH is 2. The van der Waals surface area contributed by atoms with Gasteiger partial charge in [0.25, 0.3) is 0 Å². The number of carbonyl (C=O) groups is 1. The molecule has 0 amide bonds. The minimum atomic E-state index is -2.52. The number of hydrogen-bond donors (Lipinski definition) is 5. The molecule has 1 aliphatic rings. The van der Waals surface area contributed by atoms with Gasteiger partial charge in [-0.25, -0.2) is 4.79 Å². The van der Waals surface area contributed by atoms with Crippen molar-refractivity contribution in [2.24, 2.45) is 0 Å². The van der Waals surface area contributed by atoms with E-state index in [1.165, 1.54) is 12.1 Å². The van der Waals surface area contributed by atoms with Crippen LogP contribution in [-0.2, 0) is 24.0 Å². The molecule has 0 heterocycles. The third-order valence-corrected chi connectivity index (χ3v) is 8.21. The van der Waals surface area contributed by atoms with Crippen molar-refractivity contribution < 1.29 is 35.1 Å². The molecule has 41 heavy (non-hydrogen) atoms. The minimum absolute atomic E-state index is 0.160. The maximum atomic E-state index is 13.3. The predicted octanol–water partition coefficient (Wildman–Crippen LogP) is 2.87. The molecule has 0 aliphatic heterocycles. The fourth-order valence-corrected chi connectivity index (χ4v) is 6.02. The monoisotopic (exact) mass is 554 g/mol. The van der Waals surface area contributed by atoms with Gasteiger partial charge in [-0.15, -0.1) is 0 Å². The largest absolute Gasteiger partial charge is 0.453 e. The number of rotatable bonds is 8. The fraction of sp³-hybridized carbons (Fsp3) is 0.265. The lowest BCUT2D eigenvalue weighted by molar-refractivity contribution is -0.348. The maximum absolute atomic E-state index is 13.3. The highest BCUT2D eigenvalue weighted by Crippen LogP contribution is 2.50. The van der Waals surface area contributed by atoms with Gasteiger partial charge in [0.05, 0.1) is 5.56 Å². The smallest absolute Gasteiger partial charge is 0.338 e. The van der Waals surface area contributed by atoms with Crippen molar-refractivity contribution >= 4 is 5.97 Å². The molecule has 4 aromatic carbocycles. The van der Waals surface area contributed by atoms with E-state index in [1.54, 1.807) is 109 Å². The summed E-state index contributed by atoms with van der Waals surface area (Å²) < 4.78 is 5.75. The number of esters is 1. The van der Waals surface area contributed by atoms with Gasteiger partial charge in [0.2, 0.25) is 0 Å². The van der Waals surface area contributed by atoms with Crippen molar-refractivity contribution in [2.45, 2.75) is 54.4 Å². The summed E-state index contributed by atoms with van der Waals surface area (Å²) in [6.07, 6.45) is -6.67. The Morgan fingerprint density at radius 1 is 0.585 bits per heavy atom. The van der Waals surface area contributed by atoms with Crippen LogP contribution in [0.25, 0.3) is 0 Å². The van der Waals surface area contributed by atoms with Crippen LogP contribution in [0.3, 0.4) is 0 Å². The number of ether oxygens (including phenoxy) is 1. The number of hydrogen-bond acceptors (Lipinski definition) is 7. The average Bonchev–Trinajstić information content (AvgIpc) is 3.00. The van der Waals surface area contributed by atoms with Crippen LogP contribution in [0.2, 0.25) is 0 Å². The van der Waals surface area contributed by atoms with E-state index in [2.05, 4.69) is 0 Å². The second-order valence-corrected chi connectivity index (χ2v) is 10.8. The van der Waals surface area contributed by atoms with Crippen LogP contribution in [0.4, 0.5) is 0 Å². The van der Waals surface area contributed by atoms with E-state index in [1.807, 2.05) is 0 Å². The molecule has 0 radical (unpaired) electrons. The highest BCUT2D eigenvalue weighted by atomic mass is 16.6. The third kappa shape index (κ3) is 5.30. The van der Waals surface area contributed by atoms with Gasteiger partial charge >= 0.3 is 5.97 Å². The zero-order valence-electron chi connectivity index (χ0n) is 22.5. The Bertz CT molecular complexity index is 1430. The summed E-state index contributed by atoms with van der Waals surface area (Å²) in [4.78, 5) is 13.3. The zero-order valence-corrected chi connectivity index (χ0v) is 22.5. The first-order valence-electron chi connectivity index (χ1n) is 13.6. The third-order valence-electron chi connectivity index (χ3n) is 8.21. The summed E-state index contributed by atoms with van der Waals surface area (Å²) in [5.41, 5.74) is -5.60. The van der Waals surface area contributed by atoms with Crippen molar-refractivity contribution in [1.29, 1.82) is 0 Å². The molecule has 5 rings (SSSR count). The minimum Gasteiger partial charge on any atom is -0.453 e. The lowest BCUT2D eigenvalue weighted by Crippen LogP contribution is -2.85. The molecule has 212 valence electrons. The Kier molecular flexibility index (Phi) is 8.09. The molecule has 0 saturated heterocycles. The molecule has 4 aromatic rings. The Balaban J connectivity index is 1.69. The van der Waals surface area contributed by atoms with Crippen LogP contribution in [-0.4, -0.2) is 66.6 Å². The second-order valence-electron chi connectivity index (χ2n) is 10.8. The van der Waals surface area contributed by atoms with Gasteiger partial charge in [0, 0.05) is 19.3 Å². The van der Waals surface area contributed by atoms with Crippen molar-refractivity contribution in [1.82, 2.24) is 0 Å². The lowest BCUT2D eigenvalue weighted by Gasteiger charge is -2.61. The first kappa shape index (κ1) is 28.7. The maximum Gasteiger partial charge on any atom is 0.338 e. The zero-order chi connectivity index (χ0) is 29.1. The van der Waals surface area contributed by atoms with Gasteiger partial charge in [-0.3, -0.25) is 0 Å².